The van der Waals surface area contributed by atoms with Crippen molar-refractivity contribution in [3.63, 3.8) is 0 Å². The molecule has 1 fully saturated rings. The highest BCUT2D eigenvalue weighted by molar-refractivity contribution is 7.91. The van der Waals surface area contributed by atoms with Crippen LogP contribution in [0.2, 0.25) is 0 Å². The molecule has 1 aromatic carbocycles. The van der Waals surface area contributed by atoms with Gasteiger partial charge >= 0.3 is 5.97 Å². The molecule has 0 aliphatic carbocycles. The summed E-state index contributed by atoms with van der Waals surface area (Å²) in [6.07, 6.45) is 5.07. The van der Waals surface area contributed by atoms with E-state index in [2.05, 4.69) is 6.92 Å². The molecular weight excluding hydrogens is 458 g/mol. The van der Waals surface area contributed by atoms with E-state index in [-0.39, 0.29) is 36.2 Å². The molecule has 1 amide bonds. The van der Waals surface area contributed by atoms with Crippen molar-refractivity contribution < 1.29 is 32.3 Å². The van der Waals surface area contributed by atoms with E-state index in [0.717, 1.165) is 32.1 Å². The van der Waals surface area contributed by atoms with E-state index in [4.69, 9.17) is 9.47 Å². The van der Waals surface area contributed by atoms with Gasteiger partial charge in [0.15, 0.2) is 22.2 Å². The van der Waals surface area contributed by atoms with Gasteiger partial charge in [-0.3, -0.25) is 14.4 Å². The van der Waals surface area contributed by atoms with Crippen molar-refractivity contribution in [2.75, 3.05) is 31.3 Å². The lowest BCUT2D eigenvalue weighted by molar-refractivity contribution is -0.152. The average molecular weight is 496 g/mol. The van der Waals surface area contributed by atoms with Crippen molar-refractivity contribution in [1.29, 1.82) is 0 Å². The molecule has 1 aliphatic rings. The van der Waals surface area contributed by atoms with E-state index in [0.29, 0.717) is 30.9 Å². The van der Waals surface area contributed by atoms with Crippen molar-refractivity contribution >= 4 is 27.5 Å². The Bertz CT molecular complexity index is 912. The number of unbranched alkanes of at least 4 members (excludes halogenated alkanes) is 3. The Morgan fingerprint density at radius 2 is 1.71 bits per heavy atom. The first kappa shape index (κ1) is 27.8. The van der Waals surface area contributed by atoms with Crippen molar-refractivity contribution in [3.8, 4) is 5.75 Å². The Labute approximate surface area is 202 Å². The van der Waals surface area contributed by atoms with Crippen LogP contribution in [0.15, 0.2) is 24.3 Å². The van der Waals surface area contributed by atoms with Crippen LogP contribution in [-0.2, 0) is 24.2 Å². The quantitative estimate of drug-likeness (QED) is 0.208. The van der Waals surface area contributed by atoms with E-state index in [1.807, 2.05) is 6.92 Å². The minimum atomic E-state index is -3.13. The maximum Gasteiger partial charge on any atom is 0.306 e. The minimum absolute atomic E-state index is 0.0237. The fraction of sp³-hybridized carbons (Fsp3) is 0.640. The number of sulfone groups is 1. The van der Waals surface area contributed by atoms with Crippen molar-refractivity contribution in [3.05, 3.63) is 29.8 Å². The second kappa shape index (κ2) is 14.1. The Kier molecular flexibility index (Phi) is 11.5. The van der Waals surface area contributed by atoms with Crippen molar-refractivity contribution in [2.45, 2.75) is 71.3 Å². The number of hydrogen-bond acceptors (Lipinski definition) is 7. The summed E-state index contributed by atoms with van der Waals surface area (Å²) in [6.45, 7) is 4.74. The number of carbonyl (C=O) groups excluding carboxylic acids is 3. The summed E-state index contributed by atoms with van der Waals surface area (Å²) in [5, 5.41) is 0. The Balaban J connectivity index is 1.76. The number of nitrogens with zero attached hydrogens (tertiary/aromatic N) is 1. The van der Waals surface area contributed by atoms with Gasteiger partial charge in [0.05, 0.1) is 24.5 Å². The summed E-state index contributed by atoms with van der Waals surface area (Å²) in [4.78, 5) is 38.6. The molecule has 2 rings (SSSR count). The molecule has 1 heterocycles. The van der Waals surface area contributed by atoms with E-state index < -0.39 is 28.3 Å². The first-order valence-electron chi connectivity index (χ1n) is 12.2. The van der Waals surface area contributed by atoms with Gasteiger partial charge in [-0.2, -0.15) is 0 Å². The molecule has 0 saturated carbocycles. The maximum atomic E-state index is 12.6. The van der Waals surface area contributed by atoms with Crippen LogP contribution in [0.1, 0.15) is 75.6 Å². The van der Waals surface area contributed by atoms with Crippen LogP contribution in [0.5, 0.6) is 5.75 Å². The van der Waals surface area contributed by atoms with Crippen molar-refractivity contribution in [1.82, 2.24) is 4.90 Å². The molecule has 34 heavy (non-hydrogen) atoms. The van der Waals surface area contributed by atoms with Crippen molar-refractivity contribution in [2.24, 2.45) is 0 Å². The third kappa shape index (κ3) is 9.44. The number of rotatable bonds is 15. The second-order valence-electron chi connectivity index (χ2n) is 8.66. The lowest BCUT2D eigenvalue weighted by atomic mass is 10.1. The summed E-state index contributed by atoms with van der Waals surface area (Å²) in [6, 6.07) is 6.46. The monoisotopic (exact) mass is 495 g/mol. The Morgan fingerprint density at radius 1 is 1.00 bits per heavy atom. The van der Waals surface area contributed by atoms with Gasteiger partial charge in [0.1, 0.15) is 5.75 Å². The Hall–Kier alpha value is -2.42. The van der Waals surface area contributed by atoms with Gasteiger partial charge in [-0.25, -0.2) is 8.42 Å². The predicted molar refractivity (Wildman–Crippen MR) is 130 cm³/mol. The minimum Gasteiger partial charge on any atom is -0.494 e. The fourth-order valence-corrected chi connectivity index (χ4v) is 5.53. The van der Waals surface area contributed by atoms with E-state index >= 15 is 0 Å². The highest BCUT2D eigenvalue weighted by atomic mass is 32.2. The maximum absolute atomic E-state index is 12.6. The number of benzene rings is 1. The molecule has 1 unspecified atom stereocenters. The molecule has 1 atom stereocenters. The first-order chi connectivity index (χ1) is 16.3. The van der Waals surface area contributed by atoms with Crippen LogP contribution in [-0.4, -0.2) is 68.3 Å². The van der Waals surface area contributed by atoms with Gasteiger partial charge in [0.2, 0.25) is 0 Å². The number of amides is 1. The number of ketones is 1. The third-order valence-electron chi connectivity index (χ3n) is 5.83. The summed E-state index contributed by atoms with van der Waals surface area (Å²) in [7, 11) is -3.13. The van der Waals surface area contributed by atoms with E-state index in [1.54, 1.807) is 24.3 Å². The van der Waals surface area contributed by atoms with Gasteiger partial charge in [0.25, 0.3) is 5.91 Å². The molecule has 1 saturated heterocycles. The molecule has 0 aromatic heterocycles. The lowest BCUT2D eigenvalue weighted by Gasteiger charge is -2.28. The van der Waals surface area contributed by atoms with Gasteiger partial charge in [0, 0.05) is 24.6 Å². The van der Waals surface area contributed by atoms with E-state index in [1.165, 1.54) is 4.90 Å². The molecular formula is C25H37NO7S. The second-order valence-corrected chi connectivity index (χ2v) is 10.9. The zero-order valence-corrected chi connectivity index (χ0v) is 21.1. The third-order valence-corrected chi connectivity index (χ3v) is 7.58. The molecule has 190 valence electrons. The smallest absolute Gasteiger partial charge is 0.306 e. The largest absolute Gasteiger partial charge is 0.494 e. The van der Waals surface area contributed by atoms with Gasteiger partial charge in [-0.15, -0.1) is 0 Å². The normalized spacial score (nSPS) is 16.7. The van der Waals surface area contributed by atoms with Crippen LogP contribution in [0.4, 0.5) is 0 Å². The lowest BCUT2D eigenvalue weighted by Crippen LogP contribution is -2.43. The molecule has 0 N–H and O–H groups in total. The number of carbonyl (C=O) groups is 3. The number of Topliss-reactive ketones (excluding diaryl/α,β-unsaturated/α-hetero) is 1. The van der Waals surface area contributed by atoms with Crippen LogP contribution >= 0.6 is 0 Å². The molecule has 0 bridgehead atoms. The number of esters is 1. The van der Waals surface area contributed by atoms with Gasteiger partial charge in [-0.1, -0.05) is 33.1 Å². The predicted octanol–water partition coefficient (Wildman–Crippen LogP) is 3.58. The topological polar surface area (TPSA) is 107 Å². The van der Waals surface area contributed by atoms with Crippen LogP contribution in [0.25, 0.3) is 0 Å². The van der Waals surface area contributed by atoms with Crippen LogP contribution in [0.3, 0.4) is 0 Å². The number of ether oxygens (including phenoxy) is 2. The summed E-state index contributed by atoms with van der Waals surface area (Å²) in [5.74, 6) is -0.499. The highest BCUT2D eigenvalue weighted by Crippen LogP contribution is 2.19. The van der Waals surface area contributed by atoms with Crippen LogP contribution < -0.4 is 4.74 Å². The van der Waals surface area contributed by atoms with Gasteiger partial charge < -0.3 is 14.4 Å². The van der Waals surface area contributed by atoms with E-state index in [9.17, 15) is 22.8 Å². The molecule has 0 radical (unpaired) electrons. The standard InChI is InChI=1S/C25H37NO7S/c1-3-5-7-16-32-22-10-8-20(9-11-22)23(27)12-13-25(29)33-18-24(28)26(15-6-4-2)21-14-17-34(30,31)19-21/h8-11,21H,3-7,12-19H2,1-2H3. The van der Waals surface area contributed by atoms with Crippen LogP contribution in [0, 0.1) is 0 Å². The van der Waals surface area contributed by atoms with Gasteiger partial charge in [-0.05, 0) is 43.5 Å². The zero-order chi connectivity index (χ0) is 25.0. The Morgan fingerprint density at radius 3 is 2.32 bits per heavy atom. The molecule has 8 nitrogen and oxygen atoms in total. The fourth-order valence-electron chi connectivity index (χ4n) is 3.80. The summed E-state index contributed by atoms with van der Waals surface area (Å²) < 4.78 is 34.3. The first-order valence-corrected chi connectivity index (χ1v) is 14.0. The molecule has 1 aromatic rings. The molecule has 9 heteroatoms. The SMILES string of the molecule is CCCCCOc1ccc(C(=O)CCC(=O)OCC(=O)N(CCCC)C2CCS(=O)(=O)C2)cc1. The highest BCUT2D eigenvalue weighted by Gasteiger charge is 2.34. The number of hydrogen-bond donors (Lipinski definition) is 0. The molecule has 0 spiro atoms. The zero-order valence-electron chi connectivity index (χ0n) is 20.3. The average Bonchev–Trinajstić information content (AvgIpc) is 3.18. The summed E-state index contributed by atoms with van der Waals surface area (Å²) >= 11 is 0. The molecule has 1 aliphatic heterocycles. The summed E-state index contributed by atoms with van der Waals surface area (Å²) in [5.41, 5.74) is 0.484.